The highest BCUT2D eigenvalue weighted by atomic mass is 19.4. The van der Waals surface area contributed by atoms with Crippen LogP contribution in [0.3, 0.4) is 0 Å². The third kappa shape index (κ3) is 4.60. The van der Waals surface area contributed by atoms with Crippen molar-refractivity contribution in [2.75, 3.05) is 6.61 Å². The van der Waals surface area contributed by atoms with Crippen LogP contribution in [0.4, 0.5) is 13.2 Å². The fourth-order valence-electron chi connectivity index (χ4n) is 2.77. The minimum Gasteiger partial charge on any atom is -0.461 e. The lowest BCUT2D eigenvalue weighted by Gasteiger charge is -2.23. The van der Waals surface area contributed by atoms with Crippen molar-refractivity contribution in [3.05, 3.63) is 41.4 Å². The quantitative estimate of drug-likeness (QED) is 0.609. The Kier molecular flexibility index (Phi) is 6.40. The van der Waals surface area contributed by atoms with Crippen LogP contribution in [0.2, 0.25) is 0 Å². The van der Waals surface area contributed by atoms with Gasteiger partial charge in [0.15, 0.2) is 11.4 Å². The van der Waals surface area contributed by atoms with E-state index in [1.54, 1.807) is 34.6 Å². The van der Waals surface area contributed by atoms with Gasteiger partial charge in [-0.3, -0.25) is 4.98 Å². The summed E-state index contributed by atoms with van der Waals surface area (Å²) in [4.78, 5) is 16.2. The van der Waals surface area contributed by atoms with Gasteiger partial charge in [0.2, 0.25) is 5.88 Å². The molecular weight excluding hydrogens is 387 g/mol. The van der Waals surface area contributed by atoms with Crippen LogP contribution in [-0.2, 0) is 22.9 Å². The number of carbonyl (C=O) groups is 1. The van der Waals surface area contributed by atoms with Crippen molar-refractivity contribution in [1.29, 1.82) is 0 Å². The third-order valence-corrected chi connectivity index (χ3v) is 4.04. The van der Waals surface area contributed by atoms with Crippen molar-refractivity contribution < 1.29 is 27.4 Å². The number of carbonyl (C=O) groups excluding carboxylic acids is 1. The Morgan fingerprint density at radius 2 is 1.90 bits per heavy atom. The lowest BCUT2D eigenvalue weighted by molar-refractivity contribution is -0.138. The highest BCUT2D eigenvalue weighted by Crippen LogP contribution is 2.42. The smallest absolute Gasteiger partial charge is 0.420 e. The number of esters is 1. The van der Waals surface area contributed by atoms with Gasteiger partial charge < -0.3 is 9.47 Å². The van der Waals surface area contributed by atoms with Gasteiger partial charge in [-0.1, -0.05) is 19.6 Å². The van der Waals surface area contributed by atoms with Gasteiger partial charge in [0.05, 0.1) is 18.3 Å². The molecule has 0 aliphatic heterocycles. The van der Waals surface area contributed by atoms with E-state index in [4.69, 9.17) is 9.47 Å². The summed E-state index contributed by atoms with van der Waals surface area (Å²) in [5.41, 5.74) is -1.51. The van der Waals surface area contributed by atoms with Crippen molar-refractivity contribution >= 4 is 12.0 Å². The van der Waals surface area contributed by atoms with E-state index in [0.29, 0.717) is 12.0 Å². The summed E-state index contributed by atoms with van der Waals surface area (Å²) >= 11 is 0. The molecule has 2 heterocycles. The van der Waals surface area contributed by atoms with E-state index in [1.165, 1.54) is 4.68 Å². The molecule has 0 bridgehead atoms. The Bertz CT molecular complexity index is 912. The molecule has 6 nitrogen and oxygen atoms in total. The molecule has 0 amide bonds. The first-order valence-electron chi connectivity index (χ1n) is 9.10. The molecule has 0 saturated carbocycles. The summed E-state index contributed by atoms with van der Waals surface area (Å²) in [5, 5.41) is 4.30. The first kappa shape index (κ1) is 22.4. The summed E-state index contributed by atoms with van der Waals surface area (Å²) in [6.07, 6.45) is -1.28. The highest BCUT2D eigenvalue weighted by molar-refractivity contribution is 5.89. The van der Waals surface area contributed by atoms with Gasteiger partial charge in [-0.2, -0.15) is 18.3 Å². The number of hydrogen-bond acceptors (Lipinski definition) is 5. The van der Waals surface area contributed by atoms with Crippen LogP contribution in [0.15, 0.2) is 19.0 Å². The average Bonchev–Trinajstić information content (AvgIpc) is 2.99. The molecule has 0 aliphatic rings. The molecule has 2 aromatic rings. The number of nitrogens with zero attached hydrogens (tertiary/aromatic N) is 3. The number of rotatable bonds is 6. The molecule has 0 saturated heterocycles. The summed E-state index contributed by atoms with van der Waals surface area (Å²) in [5.74, 6) is -1.12. The Morgan fingerprint density at radius 3 is 2.38 bits per heavy atom. The SMILES string of the molecule is C=Cc1cncc(Oc2c(CC)c(C(=O)OCC)nn2C(C)(C)C)c1C(F)(F)F. The van der Waals surface area contributed by atoms with Crippen LogP contribution in [-0.4, -0.2) is 27.3 Å². The molecule has 9 heteroatoms. The van der Waals surface area contributed by atoms with E-state index in [1.807, 2.05) is 0 Å². The van der Waals surface area contributed by atoms with E-state index in [0.717, 1.165) is 18.5 Å². The van der Waals surface area contributed by atoms with E-state index < -0.39 is 29.0 Å². The second-order valence-electron chi connectivity index (χ2n) is 7.19. The normalized spacial score (nSPS) is 12.0. The number of ether oxygens (including phenoxy) is 2. The van der Waals surface area contributed by atoms with Gasteiger partial charge in [-0.05, 0) is 34.1 Å². The zero-order chi connectivity index (χ0) is 22.0. The molecule has 0 atom stereocenters. The highest BCUT2D eigenvalue weighted by Gasteiger charge is 2.38. The first-order chi connectivity index (χ1) is 13.5. The minimum absolute atomic E-state index is 0.0145. The van der Waals surface area contributed by atoms with Crippen molar-refractivity contribution in [3.63, 3.8) is 0 Å². The van der Waals surface area contributed by atoms with Crippen LogP contribution in [0.25, 0.3) is 6.08 Å². The zero-order valence-electron chi connectivity index (χ0n) is 17.1. The predicted molar refractivity (Wildman–Crippen MR) is 102 cm³/mol. The first-order valence-corrected chi connectivity index (χ1v) is 9.10. The van der Waals surface area contributed by atoms with Crippen molar-refractivity contribution in [2.45, 2.75) is 52.8 Å². The molecule has 0 spiro atoms. The number of hydrogen-bond donors (Lipinski definition) is 0. The predicted octanol–water partition coefficient (Wildman–Crippen LogP) is 5.23. The van der Waals surface area contributed by atoms with Crippen LogP contribution in [0, 0.1) is 0 Å². The molecule has 2 rings (SSSR count). The Hall–Kier alpha value is -2.84. The van der Waals surface area contributed by atoms with Crippen LogP contribution >= 0.6 is 0 Å². The Morgan fingerprint density at radius 1 is 1.24 bits per heavy atom. The molecule has 0 fully saturated rings. The fourth-order valence-corrected chi connectivity index (χ4v) is 2.77. The molecule has 0 aromatic carbocycles. The topological polar surface area (TPSA) is 66.2 Å². The summed E-state index contributed by atoms with van der Waals surface area (Å²) < 4.78 is 53.2. The van der Waals surface area contributed by atoms with Crippen molar-refractivity contribution in [3.8, 4) is 11.6 Å². The van der Waals surface area contributed by atoms with Crippen LogP contribution in [0.1, 0.15) is 61.8 Å². The number of aromatic nitrogens is 3. The number of halogens is 3. The third-order valence-electron chi connectivity index (χ3n) is 4.04. The van der Waals surface area contributed by atoms with Crippen LogP contribution < -0.4 is 4.74 Å². The van der Waals surface area contributed by atoms with Crippen molar-refractivity contribution in [2.24, 2.45) is 0 Å². The van der Waals surface area contributed by atoms with E-state index >= 15 is 0 Å². The van der Waals surface area contributed by atoms with Gasteiger partial charge in [0.25, 0.3) is 0 Å². The molecule has 2 aromatic heterocycles. The lowest BCUT2D eigenvalue weighted by Crippen LogP contribution is -2.24. The maximum atomic E-state index is 13.7. The molecule has 158 valence electrons. The summed E-state index contributed by atoms with van der Waals surface area (Å²) in [6, 6.07) is 0. The van der Waals surface area contributed by atoms with E-state index in [2.05, 4.69) is 16.7 Å². The number of alkyl halides is 3. The molecule has 0 radical (unpaired) electrons. The second kappa shape index (κ2) is 8.26. The standard InChI is InChI=1S/C20H24F3N3O3/c1-7-12-10-24-11-14(15(12)20(21,22)23)29-17-13(8-2)16(18(27)28-9-3)25-26(17)19(4,5)6/h7,10-11H,1,8-9H2,2-6H3. The van der Waals surface area contributed by atoms with E-state index in [-0.39, 0.29) is 23.7 Å². The zero-order valence-corrected chi connectivity index (χ0v) is 17.1. The van der Waals surface area contributed by atoms with Gasteiger partial charge in [0, 0.05) is 17.3 Å². The molecule has 0 N–H and O–H groups in total. The van der Waals surface area contributed by atoms with Gasteiger partial charge >= 0.3 is 12.1 Å². The Balaban J connectivity index is 2.73. The maximum Gasteiger partial charge on any atom is 0.420 e. The Labute approximate surface area is 167 Å². The largest absolute Gasteiger partial charge is 0.461 e. The minimum atomic E-state index is -4.69. The summed E-state index contributed by atoms with van der Waals surface area (Å²) in [7, 11) is 0. The molecule has 0 unspecified atom stereocenters. The summed E-state index contributed by atoms with van der Waals surface area (Å²) in [6.45, 7) is 12.4. The van der Waals surface area contributed by atoms with Gasteiger partial charge in [-0.25, -0.2) is 9.48 Å². The molecule has 0 aliphatic carbocycles. The van der Waals surface area contributed by atoms with E-state index in [9.17, 15) is 18.0 Å². The lowest BCUT2D eigenvalue weighted by atomic mass is 10.1. The van der Waals surface area contributed by atoms with Gasteiger partial charge in [-0.15, -0.1) is 0 Å². The van der Waals surface area contributed by atoms with Crippen LogP contribution in [0.5, 0.6) is 11.6 Å². The average molecular weight is 411 g/mol. The second-order valence-corrected chi connectivity index (χ2v) is 7.19. The molecule has 29 heavy (non-hydrogen) atoms. The van der Waals surface area contributed by atoms with Crippen molar-refractivity contribution in [1.82, 2.24) is 14.8 Å². The van der Waals surface area contributed by atoms with Gasteiger partial charge in [0.1, 0.15) is 5.56 Å². The monoisotopic (exact) mass is 411 g/mol. The fraction of sp³-hybridized carbons (Fsp3) is 0.450. The number of pyridine rings is 1. The maximum absolute atomic E-state index is 13.7. The molecular formula is C20H24F3N3O3.